The Hall–Kier alpha value is -1.42. The second-order valence-corrected chi connectivity index (χ2v) is 3.02. The highest BCUT2D eigenvalue weighted by Crippen LogP contribution is 2.08. The Morgan fingerprint density at radius 3 is 3.15 bits per heavy atom. The van der Waals surface area contributed by atoms with Gasteiger partial charge in [-0.15, -0.1) is 0 Å². The van der Waals surface area contributed by atoms with Gasteiger partial charge in [-0.1, -0.05) is 0 Å². The van der Waals surface area contributed by atoms with Crippen LogP contribution < -0.4 is 5.73 Å². The van der Waals surface area contributed by atoms with E-state index in [1.807, 2.05) is 10.7 Å². The lowest BCUT2D eigenvalue weighted by atomic mass is 10.2. The van der Waals surface area contributed by atoms with E-state index in [9.17, 15) is 0 Å². The minimum atomic E-state index is 0.734. The van der Waals surface area contributed by atoms with Crippen molar-refractivity contribution in [3.63, 3.8) is 0 Å². The fourth-order valence-corrected chi connectivity index (χ4v) is 1.36. The summed E-state index contributed by atoms with van der Waals surface area (Å²) in [6, 6.07) is 2.09. The molecule has 0 saturated heterocycles. The molecule has 68 valence electrons. The summed E-state index contributed by atoms with van der Waals surface area (Å²) in [6.45, 7) is 0.734. The lowest BCUT2D eigenvalue weighted by Crippen LogP contribution is -1.99. The van der Waals surface area contributed by atoms with Crippen LogP contribution in [0.3, 0.4) is 0 Å². The molecule has 13 heavy (non-hydrogen) atoms. The van der Waals surface area contributed by atoms with E-state index in [1.54, 1.807) is 12.5 Å². The number of hydrogen-bond donors (Lipinski definition) is 1. The average molecular weight is 176 g/mol. The summed E-state index contributed by atoms with van der Waals surface area (Å²) in [5.74, 6) is 0. The van der Waals surface area contributed by atoms with E-state index in [0.717, 1.165) is 24.9 Å². The molecule has 0 bridgehead atoms. The van der Waals surface area contributed by atoms with Gasteiger partial charge in [0.05, 0.1) is 11.7 Å². The van der Waals surface area contributed by atoms with Gasteiger partial charge < -0.3 is 5.73 Å². The summed E-state index contributed by atoms with van der Waals surface area (Å²) in [5, 5.41) is 4.08. The molecule has 2 aromatic heterocycles. The zero-order valence-electron chi connectivity index (χ0n) is 7.35. The summed E-state index contributed by atoms with van der Waals surface area (Å²) in [7, 11) is 0. The van der Waals surface area contributed by atoms with Crippen LogP contribution >= 0.6 is 0 Å². The molecule has 2 N–H and O–H groups in total. The highest BCUT2D eigenvalue weighted by atomic mass is 15.2. The molecule has 0 fully saturated rings. The fourth-order valence-electron chi connectivity index (χ4n) is 1.36. The van der Waals surface area contributed by atoms with Gasteiger partial charge in [0.15, 0.2) is 0 Å². The van der Waals surface area contributed by atoms with E-state index >= 15 is 0 Å². The minimum Gasteiger partial charge on any atom is -0.330 e. The van der Waals surface area contributed by atoms with Gasteiger partial charge in [0.2, 0.25) is 0 Å². The highest BCUT2D eigenvalue weighted by Gasteiger charge is 1.98. The van der Waals surface area contributed by atoms with Gasteiger partial charge in [-0.05, 0) is 31.0 Å². The average Bonchev–Trinajstić information content (AvgIpc) is 2.57. The van der Waals surface area contributed by atoms with E-state index in [2.05, 4.69) is 16.1 Å². The number of fused-ring (bicyclic) bond motifs is 1. The number of aromatic nitrogens is 3. The van der Waals surface area contributed by atoms with Crippen LogP contribution in [0.25, 0.3) is 5.52 Å². The van der Waals surface area contributed by atoms with Gasteiger partial charge in [-0.25, -0.2) is 9.50 Å². The van der Waals surface area contributed by atoms with Gasteiger partial charge in [-0.3, -0.25) is 0 Å². The Kier molecular flexibility index (Phi) is 2.23. The Morgan fingerprint density at radius 1 is 1.46 bits per heavy atom. The topological polar surface area (TPSA) is 56.2 Å². The minimum absolute atomic E-state index is 0.734. The molecule has 0 aromatic carbocycles. The van der Waals surface area contributed by atoms with Gasteiger partial charge >= 0.3 is 0 Å². The Morgan fingerprint density at radius 2 is 2.38 bits per heavy atom. The van der Waals surface area contributed by atoms with Crippen LogP contribution in [-0.4, -0.2) is 21.1 Å². The number of hydrogen-bond acceptors (Lipinski definition) is 3. The van der Waals surface area contributed by atoms with Crippen LogP contribution in [0.15, 0.2) is 24.8 Å². The van der Waals surface area contributed by atoms with Crippen molar-refractivity contribution >= 4 is 5.52 Å². The lowest BCUT2D eigenvalue weighted by molar-refractivity contribution is 0.826. The van der Waals surface area contributed by atoms with Crippen molar-refractivity contribution in [2.75, 3.05) is 6.54 Å². The molecule has 0 unspecified atom stereocenters. The summed E-state index contributed by atoms with van der Waals surface area (Å²) < 4.78 is 1.83. The Labute approximate surface area is 76.4 Å². The quantitative estimate of drug-likeness (QED) is 0.745. The third-order valence-corrected chi connectivity index (χ3v) is 2.01. The van der Waals surface area contributed by atoms with Crippen molar-refractivity contribution in [2.45, 2.75) is 12.8 Å². The maximum Gasteiger partial charge on any atom is 0.136 e. The van der Waals surface area contributed by atoms with E-state index in [-0.39, 0.29) is 0 Å². The van der Waals surface area contributed by atoms with Gasteiger partial charge in [0, 0.05) is 6.20 Å². The molecule has 0 radical (unpaired) electrons. The second-order valence-electron chi connectivity index (χ2n) is 3.02. The first kappa shape index (κ1) is 8.19. The highest BCUT2D eigenvalue weighted by molar-refractivity contribution is 5.46. The summed E-state index contributed by atoms with van der Waals surface area (Å²) in [6.07, 6.45) is 7.40. The number of nitrogens with zero attached hydrogens (tertiary/aromatic N) is 3. The van der Waals surface area contributed by atoms with Crippen LogP contribution in [0.4, 0.5) is 0 Å². The maximum absolute atomic E-state index is 5.44. The normalized spacial score (nSPS) is 10.8. The molecule has 2 heterocycles. The zero-order valence-corrected chi connectivity index (χ0v) is 7.35. The summed E-state index contributed by atoms with van der Waals surface area (Å²) in [5.41, 5.74) is 7.74. The van der Waals surface area contributed by atoms with Crippen molar-refractivity contribution in [2.24, 2.45) is 5.73 Å². The van der Waals surface area contributed by atoms with E-state index in [0.29, 0.717) is 0 Å². The van der Waals surface area contributed by atoms with Crippen LogP contribution in [0.5, 0.6) is 0 Å². The van der Waals surface area contributed by atoms with Crippen LogP contribution in [0.2, 0.25) is 0 Å². The fraction of sp³-hybridized carbons (Fsp3) is 0.333. The molecule has 0 atom stereocenters. The number of rotatable bonds is 3. The van der Waals surface area contributed by atoms with Crippen LogP contribution in [0, 0.1) is 0 Å². The van der Waals surface area contributed by atoms with Gasteiger partial charge in [-0.2, -0.15) is 5.10 Å². The number of nitrogens with two attached hydrogens (primary N) is 1. The van der Waals surface area contributed by atoms with Crippen molar-refractivity contribution in [1.29, 1.82) is 0 Å². The molecule has 2 aromatic rings. The molecular formula is C9H12N4. The van der Waals surface area contributed by atoms with E-state index < -0.39 is 0 Å². The third-order valence-electron chi connectivity index (χ3n) is 2.01. The first-order chi connectivity index (χ1) is 6.40. The smallest absolute Gasteiger partial charge is 0.136 e. The van der Waals surface area contributed by atoms with Gasteiger partial charge in [0.25, 0.3) is 0 Å². The molecule has 0 aliphatic rings. The standard InChI is InChI=1S/C9H12N4/c10-3-1-2-8-4-9-5-11-7-12-13(9)6-8/h4-7H,1-3,10H2. The van der Waals surface area contributed by atoms with Crippen LogP contribution in [-0.2, 0) is 6.42 Å². The predicted octanol–water partition coefficient (Wildman–Crippen LogP) is 0.621. The molecule has 0 aliphatic carbocycles. The second kappa shape index (κ2) is 3.53. The zero-order chi connectivity index (χ0) is 9.10. The predicted molar refractivity (Wildman–Crippen MR) is 50.4 cm³/mol. The van der Waals surface area contributed by atoms with E-state index in [4.69, 9.17) is 5.73 Å². The van der Waals surface area contributed by atoms with Gasteiger partial charge in [0.1, 0.15) is 6.33 Å². The molecule has 4 heteroatoms. The largest absolute Gasteiger partial charge is 0.330 e. The third kappa shape index (κ3) is 1.67. The molecule has 2 rings (SSSR count). The summed E-state index contributed by atoms with van der Waals surface area (Å²) >= 11 is 0. The van der Waals surface area contributed by atoms with Crippen molar-refractivity contribution < 1.29 is 0 Å². The molecular weight excluding hydrogens is 164 g/mol. The van der Waals surface area contributed by atoms with E-state index in [1.165, 1.54) is 5.56 Å². The van der Waals surface area contributed by atoms with Crippen molar-refractivity contribution in [1.82, 2.24) is 14.6 Å². The van der Waals surface area contributed by atoms with Crippen LogP contribution in [0.1, 0.15) is 12.0 Å². The molecule has 0 aliphatic heterocycles. The monoisotopic (exact) mass is 176 g/mol. The first-order valence-corrected chi connectivity index (χ1v) is 4.37. The Balaban J connectivity index is 2.28. The van der Waals surface area contributed by atoms with Crippen molar-refractivity contribution in [3.05, 3.63) is 30.4 Å². The molecule has 0 spiro atoms. The molecule has 0 amide bonds. The first-order valence-electron chi connectivity index (χ1n) is 4.37. The maximum atomic E-state index is 5.44. The SMILES string of the molecule is NCCCc1cc2cncnn2c1. The summed E-state index contributed by atoms with van der Waals surface area (Å²) in [4.78, 5) is 3.95. The number of aryl methyl sites for hydroxylation is 1. The van der Waals surface area contributed by atoms with Crippen molar-refractivity contribution in [3.8, 4) is 0 Å². The Bertz CT molecular complexity index is 360. The molecule has 0 saturated carbocycles. The molecule has 4 nitrogen and oxygen atoms in total. The lowest BCUT2D eigenvalue weighted by Gasteiger charge is -1.91.